The van der Waals surface area contributed by atoms with Crippen LogP contribution < -0.4 is 5.32 Å². The molecule has 2 aliphatic heterocycles. The molecule has 0 aromatic heterocycles. The van der Waals surface area contributed by atoms with E-state index in [9.17, 15) is 9.90 Å². The van der Waals surface area contributed by atoms with E-state index in [-0.39, 0.29) is 12.0 Å². The Labute approximate surface area is 166 Å². The van der Waals surface area contributed by atoms with Crippen molar-refractivity contribution < 1.29 is 14.6 Å². The van der Waals surface area contributed by atoms with Crippen LogP contribution in [0.3, 0.4) is 0 Å². The molecule has 1 amide bonds. The van der Waals surface area contributed by atoms with Gasteiger partial charge in [-0.3, -0.25) is 9.69 Å². The average Bonchev–Trinajstić information content (AvgIpc) is 2.73. The van der Waals surface area contributed by atoms with Crippen LogP contribution in [0, 0.1) is 0 Å². The molecule has 2 aromatic rings. The van der Waals surface area contributed by atoms with E-state index in [1.165, 1.54) is 11.1 Å². The fraction of sp³-hybridized carbons (Fsp3) is 0.435. The Morgan fingerprint density at radius 1 is 1.07 bits per heavy atom. The molecule has 0 unspecified atom stereocenters. The predicted octanol–water partition coefficient (Wildman–Crippen LogP) is 2.98. The van der Waals surface area contributed by atoms with E-state index in [1.807, 2.05) is 30.3 Å². The van der Waals surface area contributed by atoms with Crippen molar-refractivity contribution in [1.82, 2.24) is 4.90 Å². The molecule has 2 aliphatic rings. The quantitative estimate of drug-likeness (QED) is 0.837. The molecule has 1 fully saturated rings. The Hall–Kier alpha value is -2.21. The van der Waals surface area contributed by atoms with Gasteiger partial charge in [-0.1, -0.05) is 42.5 Å². The van der Waals surface area contributed by atoms with E-state index in [2.05, 4.69) is 34.5 Å². The maximum absolute atomic E-state index is 12.6. The predicted molar refractivity (Wildman–Crippen MR) is 109 cm³/mol. The molecule has 0 bridgehead atoms. The van der Waals surface area contributed by atoms with E-state index in [0.717, 1.165) is 44.6 Å². The zero-order valence-electron chi connectivity index (χ0n) is 16.1. The smallest absolute Gasteiger partial charge is 0.256 e. The van der Waals surface area contributed by atoms with Gasteiger partial charge in [0, 0.05) is 25.3 Å². The SMILES string of the molecule is O=C(Nc1ccccc1)[C@H]1O[C@H](CCN2CCc3ccccc3C2)CC[C@@H]1O. The number of fused-ring (bicyclic) bond motifs is 1. The minimum absolute atomic E-state index is 0.00657. The molecule has 2 N–H and O–H groups in total. The third-order valence-electron chi connectivity index (χ3n) is 5.75. The van der Waals surface area contributed by atoms with Crippen LogP contribution in [-0.4, -0.2) is 47.3 Å². The molecule has 2 aromatic carbocycles. The molecule has 4 rings (SSSR count). The molecule has 28 heavy (non-hydrogen) atoms. The summed E-state index contributed by atoms with van der Waals surface area (Å²) in [4.78, 5) is 15.0. The first-order valence-electron chi connectivity index (χ1n) is 10.2. The lowest BCUT2D eigenvalue weighted by Crippen LogP contribution is -2.47. The first kappa shape index (κ1) is 19.1. The van der Waals surface area contributed by atoms with Gasteiger partial charge in [0.1, 0.15) is 0 Å². The highest BCUT2D eigenvalue weighted by atomic mass is 16.5. The number of aliphatic hydroxyl groups is 1. The lowest BCUT2D eigenvalue weighted by molar-refractivity contribution is -0.153. The van der Waals surface area contributed by atoms with Crippen molar-refractivity contribution in [3.05, 3.63) is 65.7 Å². The van der Waals surface area contributed by atoms with E-state index in [4.69, 9.17) is 4.74 Å². The molecule has 0 aliphatic carbocycles. The van der Waals surface area contributed by atoms with Crippen LogP contribution in [0.4, 0.5) is 5.69 Å². The van der Waals surface area contributed by atoms with Crippen molar-refractivity contribution in [2.75, 3.05) is 18.4 Å². The molecule has 0 radical (unpaired) electrons. The van der Waals surface area contributed by atoms with Crippen LogP contribution >= 0.6 is 0 Å². The Bertz CT molecular complexity index is 795. The maximum atomic E-state index is 12.6. The zero-order valence-corrected chi connectivity index (χ0v) is 16.1. The number of hydrogen-bond donors (Lipinski definition) is 2. The number of ether oxygens (including phenoxy) is 1. The number of carbonyl (C=O) groups excluding carboxylic acids is 1. The highest BCUT2D eigenvalue weighted by molar-refractivity contribution is 5.94. The third kappa shape index (κ3) is 4.61. The van der Waals surface area contributed by atoms with Crippen LogP contribution in [0.1, 0.15) is 30.4 Å². The van der Waals surface area contributed by atoms with Gasteiger partial charge in [0.05, 0.1) is 12.2 Å². The fourth-order valence-corrected chi connectivity index (χ4v) is 4.13. The molecule has 5 nitrogen and oxygen atoms in total. The number of benzene rings is 2. The normalized spacial score (nSPS) is 25.1. The van der Waals surface area contributed by atoms with Gasteiger partial charge in [0.15, 0.2) is 6.10 Å². The lowest BCUT2D eigenvalue weighted by atomic mass is 9.97. The summed E-state index contributed by atoms with van der Waals surface area (Å²) in [7, 11) is 0. The number of aliphatic hydroxyl groups excluding tert-OH is 1. The van der Waals surface area contributed by atoms with Gasteiger partial charge in [-0.15, -0.1) is 0 Å². The molecule has 0 saturated carbocycles. The summed E-state index contributed by atoms with van der Waals surface area (Å²) in [5.41, 5.74) is 3.58. The topological polar surface area (TPSA) is 61.8 Å². The minimum atomic E-state index is -0.805. The van der Waals surface area contributed by atoms with Crippen molar-refractivity contribution in [2.24, 2.45) is 0 Å². The van der Waals surface area contributed by atoms with E-state index >= 15 is 0 Å². The molecular weight excluding hydrogens is 352 g/mol. The van der Waals surface area contributed by atoms with E-state index in [0.29, 0.717) is 6.42 Å². The van der Waals surface area contributed by atoms with E-state index in [1.54, 1.807) is 0 Å². The number of para-hydroxylation sites is 1. The second-order valence-corrected chi connectivity index (χ2v) is 7.76. The van der Waals surface area contributed by atoms with Crippen molar-refractivity contribution in [3.8, 4) is 0 Å². The lowest BCUT2D eigenvalue weighted by Gasteiger charge is -2.35. The van der Waals surface area contributed by atoms with Crippen LogP contribution in [0.2, 0.25) is 0 Å². The number of nitrogens with zero attached hydrogens (tertiary/aromatic N) is 1. The van der Waals surface area contributed by atoms with Gasteiger partial charge >= 0.3 is 0 Å². The van der Waals surface area contributed by atoms with Gasteiger partial charge in [-0.25, -0.2) is 0 Å². The molecule has 1 saturated heterocycles. The highest BCUT2D eigenvalue weighted by Gasteiger charge is 2.35. The third-order valence-corrected chi connectivity index (χ3v) is 5.75. The Morgan fingerprint density at radius 3 is 2.64 bits per heavy atom. The highest BCUT2D eigenvalue weighted by Crippen LogP contribution is 2.25. The second-order valence-electron chi connectivity index (χ2n) is 7.76. The largest absolute Gasteiger partial charge is 0.390 e. The average molecular weight is 380 g/mol. The van der Waals surface area contributed by atoms with Gasteiger partial charge in [-0.05, 0) is 48.9 Å². The Kier molecular flexibility index (Phi) is 6.05. The standard InChI is InChI=1S/C23H28N2O3/c26-21-11-10-20(28-22(21)23(27)24-19-8-2-1-3-9-19)13-15-25-14-12-17-6-4-5-7-18(17)16-25/h1-9,20-22,26H,10-16H2,(H,24,27)/t20-,21-,22-/m0/s1. The second kappa shape index (κ2) is 8.86. The molecule has 5 heteroatoms. The summed E-state index contributed by atoms with van der Waals surface area (Å²) < 4.78 is 6.00. The molecule has 0 spiro atoms. The molecule has 3 atom stereocenters. The summed E-state index contributed by atoms with van der Waals surface area (Å²) in [5, 5.41) is 13.1. The maximum Gasteiger partial charge on any atom is 0.256 e. The zero-order chi connectivity index (χ0) is 19.3. The first-order chi connectivity index (χ1) is 13.7. The van der Waals surface area contributed by atoms with Crippen LogP contribution in [-0.2, 0) is 22.5 Å². The Balaban J connectivity index is 1.29. The van der Waals surface area contributed by atoms with Gasteiger partial charge in [-0.2, -0.15) is 0 Å². The van der Waals surface area contributed by atoms with Crippen molar-refractivity contribution in [3.63, 3.8) is 0 Å². The molecule has 2 heterocycles. The number of amides is 1. The summed E-state index contributed by atoms with van der Waals surface area (Å²) in [6.45, 7) is 2.98. The van der Waals surface area contributed by atoms with Crippen LogP contribution in [0.5, 0.6) is 0 Å². The number of nitrogens with one attached hydrogen (secondary N) is 1. The van der Waals surface area contributed by atoms with Crippen LogP contribution in [0.15, 0.2) is 54.6 Å². The summed E-state index contributed by atoms with van der Waals surface area (Å²) in [6.07, 6.45) is 1.81. The Morgan fingerprint density at radius 2 is 1.82 bits per heavy atom. The minimum Gasteiger partial charge on any atom is -0.390 e. The molecular formula is C23H28N2O3. The number of carbonyl (C=O) groups is 1. The number of anilines is 1. The van der Waals surface area contributed by atoms with Crippen molar-refractivity contribution in [1.29, 1.82) is 0 Å². The van der Waals surface area contributed by atoms with E-state index < -0.39 is 12.2 Å². The fourth-order valence-electron chi connectivity index (χ4n) is 4.13. The van der Waals surface area contributed by atoms with Crippen molar-refractivity contribution >= 4 is 11.6 Å². The van der Waals surface area contributed by atoms with Gasteiger partial charge < -0.3 is 15.2 Å². The van der Waals surface area contributed by atoms with Crippen molar-refractivity contribution in [2.45, 2.75) is 50.5 Å². The van der Waals surface area contributed by atoms with Crippen LogP contribution in [0.25, 0.3) is 0 Å². The number of hydrogen-bond acceptors (Lipinski definition) is 4. The summed E-state index contributed by atoms with van der Waals surface area (Å²) in [6, 6.07) is 17.9. The summed E-state index contributed by atoms with van der Waals surface area (Å²) >= 11 is 0. The monoisotopic (exact) mass is 380 g/mol. The van der Waals surface area contributed by atoms with Gasteiger partial charge in [0.2, 0.25) is 0 Å². The number of rotatable bonds is 5. The molecule has 148 valence electrons. The van der Waals surface area contributed by atoms with Gasteiger partial charge in [0.25, 0.3) is 5.91 Å². The summed E-state index contributed by atoms with van der Waals surface area (Å²) in [5.74, 6) is -0.268. The first-order valence-corrected chi connectivity index (χ1v) is 10.2.